The van der Waals surface area contributed by atoms with Crippen LogP contribution in [-0.2, 0) is 6.54 Å². The van der Waals surface area contributed by atoms with Crippen LogP contribution in [0.4, 0.5) is 10.2 Å². The van der Waals surface area contributed by atoms with Crippen LogP contribution in [0.25, 0.3) is 39.2 Å². The second-order valence-electron chi connectivity index (χ2n) is 7.86. The van der Waals surface area contributed by atoms with Gasteiger partial charge in [0.25, 0.3) is 0 Å². The van der Waals surface area contributed by atoms with Crippen molar-refractivity contribution >= 4 is 22.5 Å². The summed E-state index contributed by atoms with van der Waals surface area (Å²) >= 11 is 0. The van der Waals surface area contributed by atoms with Gasteiger partial charge in [0.15, 0.2) is 5.65 Å². The minimum absolute atomic E-state index is 0.207. The highest BCUT2D eigenvalue weighted by atomic mass is 19.1. The van der Waals surface area contributed by atoms with E-state index in [4.69, 9.17) is 15.8 Å². The van der Waals surface area contributed by atoms with Crippen LogP contribution in [0.15, 0.2) is 79.3 Å². The third-order valence-corrected chi connectivity index (χ3v) is 5.69. The lowest BCUT2D eigenvalue weighted by Gasteiger charge is -2.07. The van der Waals surface area contributed by atoms with Crippen molar-refractivity contribution in [2.75, 3.05) is 5.73 Å². The normalized spacial score (nSPS) is 11.4. The van der Waals surface area contributed by atoms with Gasteiger partial charge in [-0.2, -0.15) is 5.10 Å². The van der Waals surface area contributed by atoms with E-state index in [1.165, 1.54) is 18.5 Å². The van der Waals surface area contributed by atoms with Crippen LogP contribution in [0.3, 0.4) is 0 Å². The number of phenols is 1. The van der Waals surface area contributed by atoms with Gasteiger partial charge in [-0.25, -0.2) is 24.0 Å². The smallest absolute Gasteiger partial charge is 0.164 e. The number of anilines is 1. The van der Waals surface area contributed by atoms with Crippen LogP contribution in [0.5, 0.6) is 5.75 Å². The standard InChI is InChI=1S/C25H18FN7O/c26-17-10-16(11-18(34)12-17)23-21-24(27)28-14-29-25(21)33(31-23)13-19-22(15-6-2-1-3-7-15)30-20-8-4-5-9-32(19)20/h1-12,14,34H,13H2,(H2,27,28,29). The predicted molar refractivity (Wildman–Crippen MR) is 127 cm³/mol. The van der Waals surface area contributed by atoms with Crippen LogP contribution in [-0.4, -0.2) is 34.2 Å². The maximum Gasteiger partial charge on any atom is 0.164 e. The Hall–Kier alpha value is -4.79. The summed E-state index contributed by atoms with van der Waals surface area (Å²) in [5.41, 5.74) is 11.0. The number of nitrogens with two attached hydrogens (primary N) is 1. The zero-order chi connectivity index (χ0) is 23.2. The molecular formula is C25H18FN7O. The van der Waals surface area contributed by atoms with Crippen molar-refractivity contribution < 1.29 is 9.50 Å². The summed E-state index contributed by atoms with van der Waals surface area (Å²) in [5.74, 6) is -0.570. The topological polar surface area (TPSA) is 107 Å². The van der Waals surface area contributed by atoms with Crippen LogP contribution in [0.2, 0.25) is 0 Å². The number of benzene rings is 2. The van der Waals surface area contributed by atoms with Crippen LogP contribution >= 0.6 is 0 Å². The molecule has 0 spiro atoms. The molecule has 0 atom stereocenters. The molecule has 6 aromatic rings. The summed E-state index contributed by atoms with van der Waals surface area (Å²) in [6.45, 7) is 0.323. The Balaban J connectivity index is 1.58. The highest BCUT2D eigenvalue weighted by Gasteiger charge is 2.21. The van der Waals surface area contributed by atoms with Gasteiger partial charge in [0.05, 0.1) is 23.3 Å². The zero-order valence-corrected chi connectivity index (χ0v) is 17.8. The summed E-state index contributed by atoms with van der Waals surface area (Å²) in [7, 11) is 0. The molecule has 0 aliphatic rings. The average molecular weight is 451 g/mol. The van der Waals surface area contributed by atoms with Crippen molar-refractivity contribution in [3.63, 3.8) is 0 Å². The molecule has 0 radical (unpaired) electrons. The maximum absolute atomic E-state index is 14.1. The number of hydrogen-bond donors (Lipinski definition) is 2. The van der Waals surface area contributed by atoms with Crippen LogP contribution in [0, 0.1) is 5.82 Å². The molecule has 0 fully saturated rings. The number of hydrogen-bond acceptors (Lipinski definition) is 6. The van der Waals surface area contributed by atoms with Crippen LogP contribution in [0.1, 0.15) is 5.69 Å². The molecule has 0 saturated carbocycles. The summed E-state index contributed by atoms with van der Waals surface area (Å²) < 4.78 is 17.8. The van der Waals surface area contributed by atoms with E-state index in [1.54, 1.807) is 4.68 Å². The lowest BCUT2D eigenvalue weighted by molar-refractivity contribution is 0.469. The van der Waals surface area contributed by atoms with Crippen LogP contribution < -0.4 is 5.73 Å². The Kier molecular flexibility index (Phi) is 4.48. The molecule has 0 aliphatic heterocycles. The first-order chi connectivity index (χ1) is 16.6. The van der Waals surface area contributed by atoms with Gasteiger partial charge in [0.2, 0.25) is 0 Å². The molecule has 166 valence electrons. The Morgan fingerprint density at radius 2 is 1.74 bits per heavy atom. The molecule has 0 amide bonds. The Bertz CT molecular complexity index is 1650. The second-order valence-corrected chi connectivity index (χ2v) is 7.86. The highest BCUT2D eigenvalue weighted by molar-refractivity contribution is 5.98. The highest BCUT2D eigenvalue weighted by Crippen LogP contribution is 2.33. The SMILES string of the molecule is Nc1ncnc2c1c(-c1cc(O)cc(F)c1)nn2Cc1c(-c2ccccc2)nc2ccccn12. The number of halogens is 1. The van der Waals surface area contributed by atoms with E-state index < -0.39 is 5.82 Å². The quantitative estimate of drug-likeness (QED) is 0.414. The molecule has 0 saturated heterocycles. The van der Waals surface area contributed by atoms with E-state index in [9.17, 15) is 9.50 Å². The molecule has 0 aliphatic carbocycles. The van der Waals surface area contributed by atoms with Crippen molar-refractivity contribution in [2.24, 2.45) is 0 Å². The Labute approximate surface area is 192 Å². The van der Waals surface area contributed by atoms with Gasteiger partial charge in [0, 0.05) is 23.4 Å². The van der Waals surface area contributed by atoms with Crippen molar-refractivity contribution in [1.29, 1.82) is 0 Å². The molecule has 2 aromatic carbocycles. The number of nitrogen functional groups attached to an aromatic ring is 1. The van der Waals surface area contributed by atoms with Gasteiger partial charge >= 0.3 is 0 Å². The first kappa shape index (κ1) is 19.9. The van der Waals surface area contributed by atoms with E-state index in [0.29, 0.717) is 28.8 Å². The van der Waals surface area contributed by atoms with Gasteiger partial charge in [-0.05, 0) is 24.3 Å². The lowest BCUT2D eigenvalue weighted by Crippen LogP contribution is -2.07. The van der Waals surface area contributed by atoms with Crippen molar-refractivity contribution in [2.45, 2.75) is 6.54 Å². The van der Waals surface area contributed by atoms with E-state index in [0.717, 1.165) is 28.7 Å². The van der Waals surface area contributed by atoms with E-state index in [1.807, 2.05) is 59.1 Å². The third kappa shape index (κ3) is 3.22. The van der Waals surface area contributed by atoms with Crippen molar-refractivity contribution in [3.8, 4) is 28.3 Å². The molecule has 3 N–H and O–H groups in total. The predicted octanol–water partition coefficient (Wildman–Crippen LogP) is 4.28. The number of nitrogens with zero attached hydrogens (tertiary/aromatic N) is 6. The Morgan fingerprint density at radius 1 is 0.912 bits per heavy atom. The maximum atomic E-state index is 14.1. The minimum Gasteiger partial charge on any atom is -0.508 e. The lowest BCUT2D eigenvalue weighted by atomic mass is 10.1. The molecule has 6 rings (SSSR count). The molecule has 9 heteroatoms. The number of aromatic nitrogens is 6. The molecule has 4 heterocycles. The third-order valence-electron chi connectivity index (χ3n) is 5.69. The van der Waals surface area contributed by atoms with Crippen molar-refractivity contribution in [1.82, 2.24) is 29.1 Å². The summed E-state index contributed by atoms with van der Waals surface area (Å²) in [6.07, 6.45) is 3.32. The molecular weight excluding hydrogens is 433 g/mol. The minimum atomic E-state index is -0.582. The largest absolute Gasteiger partial charge is 0.508 e. The number of pyridine rings is 1. The molecule has 0 unspecified atom stereocenters. The number of phenolic OH excluding ortho intramolecular Hbond substituents is 1. The number of rotatable bonds is 4. The second kappa shape index (κ2) is 7.66. The molecule has 8 nitrogen and oxygen atoms in total. The molecule has 34 heavy (non-hydrogen) atoms. The fourth-order valence-corrected chi connectivity index (χ4v) is 4.22. The number of aromatic hydroxyl groups is 1. The molecule has 0 bridgehead atoms. The van der Waals surface area contributed by atoms with Gasteiger partial charge in [-0.15, -0.1) is 0 Å². The van der Waals surface area contributed by atoms with E-state index >= 15 is 0 Å². The summed E-state index contributed by atoms with van der Waals surface area (Å²) in [5, 5.41) is 15.2. The van der Waals surface area contributed by atoms with Gasteiger partial charge in [-0.1, -0.05) is 36.4 Å². The molecule has 4 aromatic heterocycles. The Morgan fingerprint density at radius 3 is 2.56 bits per heavy atom. The van der Waals surface area contributed by atoms with Crippen molar-refractivity contribution in [3.05, 3.63) is 90.8 Å². The fourth-order valence-electron chi connectivity index (χ4n) is 4.22. The monoisotopic (exact) mass is 451 g/mol. The van der Waals surface area contributed by atoms with Gasteiger partial charge in [-0.3, -0.25) is 0 Å². The van der Waals surface area contributed by atoms with E-state index in [-0.39, 0.29) is 11.6 Å². The number of fused-ring (bicyclic) bond motifs is 2. The van der Waals surface area contributed by atoms with E-state index in [2.05, 4.69) is 9.97 Å². The zero-order valence-electron chi connectivity index (χ0n) is 17.8. The average Bonchev–Trinajstić information content (AvgIpc) is 3.39. The first-order valence-corrected chi connectivity index (χ1v) is 10.6. The fraction of sp³-hybridized carbons (Fsp3) is 0.0400. The van der Waals surface area contributed by atoms with Gasteiger partial charge in [0.1, 0.15) is 35.1 Å². The number of imidazole rings is 1. The summed E-state index contributed by atoms with van der Waals surface area (Å²) in [6, 6.07) is 19.5. The first-order valence-electron chi connectivity index (χ1n) is 10.6. The van der Waals surface area contributed by atoms with Gasteiger partial charge < -0.3 is 15.2 Å². The summed E-state index contributed by atoms with van der Waals surface area (Å²) in [4.78, 5) is 13.4.